The Morgan fingerprint density at radius 3 is 2.16 bits per heavy atom. The maximum absolute atomic E-state index is 12.9. The molecular formula is C25H32N2O5. The van der Waals surface area contributed by atoms with Crippen LogP contribution in [0.2, 0.25) is 0 Å². The van der Waals surface area contributed by atoms with Crippen LogP contribution < -0.4 is 19.5 Å². The first-order valence-electron chi connectivity index (χ1n) is 11.1. The van der Waals surface area contributed by atoms with Gasteiger partial charge in [-0.15, -0.1) is 0 Å². The number of hydrogen-bond acceptors (Lipinski definition) is 5. The molecule has 0 radical (unpaired) electrons. The van der Waals surface area contributed by atoms with E-state index in [0.29, 0.717) is 48.7 Å². The Hall–Kier alpha value is -3.22. The van der Waals surface area contributed by atoms with Crippen molar-refractivity contribution in [3.05, 3.63) is 53.6 Å². The number of aryl methyl sites for hydroxylation is 1. The highest BCUT2D eigenvalue weighted by Crippen LogP contribution is 2.24. The molecule has 2 aromatic rings. The summed E-state index contributed by atoms with van der Waals surface area (Å²) in [5, 5.41) is 3.01. The average Bonchev–Trinajstić information content (AvgIpc) is 2.83. The summed E-state index contributed by atoms with van der Waals surface area (Å²) in [6.07, 6.45) is 3.53. The molecule has 2 amide bonds. The predicted molar refractivity (Wildman–Crippen MR) is 123 cm³/mol. The summed E-state index contributed by atoms with van der Waals surface area (Å²) in [4.78, 5) is 27.0. The van der Waals surface area contributed by atoms with Crippen molar-refractivity contribution in [2.45, 2.75) is 38.6 Å². The summed E-state index contributed by atoms with van der Waals surface area (Å²) in [7, 11) is 3.12. The molecule has 1 aliphatic rings. The number of amides is 2. The van der Waals surface area contributed by atoms with Crippen LogP contribution in [0.25, 0.3) is 0 Å². The number of methoxy groups -OCH3 is 2. The highest BCUT2D eigenvalue weighted by Gasteiger charge is 2.25. The Morgan fingerprint density at radius 1 is 0.969 bits per heavy atom. The minimum atomic E-state index is -0.148. The lowest BCUT2D eigenvalue weighted by atomic mass is 10.0. The zero-order valence-electron chi connectivity index (χ0n) is 19.1. The van der Waals surface area contributed by atoms with Crippen LogP contribution in [0.5, 0.6) is 17.2 Å². The minimum absolute atomic E-state index is 0.0180. The lowest BCUT2D eigenvalue weighted by molar-refractivity contribution is -0.124. The molecule has 0 bridgehead atoms. The normalized spacial score (nSPS) is 14.0. The Kier molecular flexibility index (Phi) is 8.36. The second-order valence-corrected chi connectivity index (χ2v) is 7.92. The second kappa shape index (κ2) is 11.4. The van der Waals surface area contributed by atoms with Crippen molar-refractivity contribution in [3.8, 4) is 17.2 Å². The van der Waals surface area contributed by atoms with Crippen molar-refractivity contribution in [2.75, 3.05) is 33.9 Å². The van der Waals surface area contributed by atoms with E-state index in [2.05, 4.69) is 12.2 Å². The van der Waals surface area contributed by atoms with Crippen LogP contribution in [-0.2, 0) is 11.2 Å². The first-order chi connectivity index (χ1) is 15.5. The third kappa shape index (κ3) is 6.39. The van der Waals surface area contributed by atoms with E-state index in [0.717, 1.165) is 12.8 Å². The number of rotatable bonds is 9. The van der Waals surface area contributed by atoms with Gasteiger partial charge in [-0.2, -0.15) is 0 Å². The van der Waals surface area contributed by atoms with Crippen LogP contribution in [0.3, 0.4) is 0 Å². The fourth-order valence-corrected chi connectivity index (χ4v) is 3.80. The number of carbonyl (C=O) groups excluding carboxylic acids is 2. The molecule has 3 rings (SSSR count). The van der Waals surface area contributed by atoms with Gasteiger partial charge >= 0.3 is 0 Å². The average molecular weight is 441 g/mol. The van der Waals surface area contributed by atoms with Gasteiger partial charge in [-0.3, -0.25) is 9.59 Å². The molecule has 2 aromatic carbocycles. The van der Waals surface area contributed by atoms with Gasteiger partial charge in [0.1, 0.15) is 17.2 Å². The van der Waals surface area contributed by atoms with Crippen molar-refractivity contribution < 1.29 is 23.8 Å². The third-order valence-corrected chi connectivity index (χ3v) is 5.58. The molecule has 1 aliphatic heterocycles. The maximum atomic E-state index is 12.9. The van der Waals surface area contributed by atoms with Crippen LogP contribution >= 0.6 is 0 Å². The highest BCUT2D eigenvalue weighted by atomic mass is 16.5. The summed E-state index contributed by atoms with van der Waals surface area (Å²) in [6.45, 7) is 3.27. The summed E-state index contributed by atoms with van der Waals surface area (Å²) in [5.41, 5.74) is 1.79. The number of nitrogens with zero attached hydrogens (tertiary/aromatic N) is 1. The number of benzene rings is 2. The van der Waals surface area contributed by atoms with Crippen LogP contribution in [-0.4, -0.2) is 56.7 Å². The Morgan fingerprint density at radius 2 is 1.59 bits per heavy atom. The molecule has 1 fully saturated rings. The molecule has 1 saturated heterocycles. The smallest absolute Gasteiger partial charge is 0.258 e. The second-order valence-electron chi connectivity index (χ2n) is 7.92. The number of piperidine rings is 1. The number of likely N-dealkylation sites (tertiary alicyclic amines) is 1. The van der Waals surface area contributed by atoms with E-state index >= 15 is 0 Å². The van der Waals surface area contributed by atoms with E-state index in [1.54, 1.807) is 37.3 Å². The fraction of sp³-hybridized carbons (Fsp3) is 0.440. The Bertz CT molecular complexity index is 883. The number of carbonyl (C=O) groups is 2. The first kappa shape index (κ1) is 23.4. The fourth-order valence-electron chi connectivity index (χ4n) is 3.80. The molecular weight excluding hydrogens is 408 g/mol. The van der Waals surface area contributed by atoms with Gasteiger partial charge in [-0.05, 0) is 49.1 Å². The SMILES string of the molecule is CCCc1ccc(OCC(=O)NC2CCN(C(=O)c3cc(OC)cc(OC)c3)CC2)cc1. The lowest BCUT2D eigenvalue weighted by Gasteiger charge is -2.32. The molecule has 0 spiro atoms. The zero-order valence-corrected chi connectivity index (χ0v) is 19.1. The monoisotopic (exact) mass is 440 g/mol. The van der Waals surface area contributed by atoms with E-state index in [-0.39, 0.29) is 24.5 Å². The van der Waals surface area contributed by atoms with Gasteiger partial charge in [0.25, 0.3) is 11.8 Å². The van der Waals surface area contributed by atoms with Gasteiger partial charge in [0.15, 0.2) is 6.61 Å². The lowest BCUT2D eigenvalue weighted by Crippen LogP contribution is -2.47. The zero-order chi connectivity index (χ0) is 22.9. The molecule has 1 heterocycles. The molecule has 0 aromatic heterocycles. The van der Waals surface area contributed by atoms with Gasteiger partial charge in [-0.25, -0.2) is 0 Å². The molecule has 0 unspecified atom stereocenters. The van der Waals surface area contributed by atoms with Crippen LogP contribution in [0.4, 0.5) is 0 Å². The first-order valence-corrected chi connectivity index (χ1v) is 11.1. The molecule has 7 nitrogen and oxygen atoms in total. The highest BCUT2D eigenvalue weighted by molar-refractivity contribution is 5.95. The van der Waals surface area contributed by atoms with Gasteiger partial charge in [-0.1, -0.05) is 25.5 Å². The molecule has 172 valence electrons. The van der Waals surface area contributed by atoms with Gasteiger partial charge in [0.05, 0.1) is 14.2 Å². The van der Waals surface area contributed by atoms with Crippen LogP contribution in [0.1, 0.15) is 42.1 Å². The van der Waals surface area contributed by atoms with E-state index < -0.39 is 0 Å². The molecule has 0 saturated carbocycles. The van der Waals surface area contributed by atoms with Crippen molar-refractivity contribution in [1.29, 1.82) is 0 Å². The summed E-state index contributed by atoms with van der Waals surface area (Å²) < 4.78 is 16.1. The standard InChI is InChI=1S/C25H32N2O5/c1-4-5-18-6-8-21(9-7-18)32-17-24(28)26-20-10-12-27(13-11-20)25(29)19-14-22(30-2)16-23(15-19)31-3/h6-9,14-16,20H,4-5,10-13,17H2,1-3H3,(H,26,28). The predicted octanol–water partition coefficient (Wildman–Crippen LogP) is 3.46. The third-order valence-electron chi connectivity index (χ3n) is 5.58. The maximum Gasteiger partial charge on any atom is 0.258 e. The molecule has 7 heteroatoms. The van der Waals surface area contributed by atoms with Crippen LogP contribution in [0, 0.1) is 0 Å². The van der Waals surface area contributed by atoms with Crippen LogP contribution in [0.15, 0.2) is 42.5 Å². The molecule has 0 atom stereocenters. The van der Waals surface area contributed by atoms with Crippen molar-refractivity contribution in [3.63, 3.8) is 0 Å². The number of ether oxygens (including phenoxy) is 3. The van der Waals surface area contributed by atoms with Gasteiger partial charge < -0.3 is 24.4 Å². The van der Waals surface area contributed by atoms with E-state index in [9.17, 15) is 9.59 Å². The number of nitrogens with one attached hydrogen (secondary N) is 1. The molecule has 32 heavy (non-hydrogen) atoms. The van der Waals surface area contributed by atoms with E-state index in [1.165, 1.54) is 5.56 Å². The summed E-state index contributed by atoms with van der Waals surface area (Å²) in [6, 6.07) is 13.0. The Balaban J connectivity index is 1.45. The largest absolute Gasteiger partial charge is 0.497 e. The van der Waals surface area contributed by atoms with E-state index in [4.69, 9.17) is 14.2 Å². The van der Waals surface area contributed by atoms with Gasteiger partial charge in [0, 0.05) is 30.8 Å². The minimum Gasteiger partial charge on any atom is -0.497 e. The summed E-state index contributed by atoms with van der Waals surface area (Å²) in [5.74, 6) is 1.63. The van der Waals surface area contributed by atoms with Crippen molar-refractivity contribution in [2.24, 2.45) is 0 Å². The molecule has 0 aliphatic carbocycles. The molecule has 1 N–H and O–H groups in total. The van der Waals surface area contributed by atoms with Crippen molar-refractivity contribution >= 4 is 11.8 Å². The topological polar surface area (TPSA) is 77.1 Å². The Labute approximate surface area is 189 Å². The quantitative estimate of drug-likeness (QED) is 0.646. The number of hydrogen-bond donors (Lipinski definition) is 1. The summed E-state index contributed by atoms with van der Waals surface area (Å²) >= 11 is 0. The van der Waals surface area contributed by atoms with Crippen molar-refractivity contribution in [1.82, 2.24) is 10.2 Å². The van der Waals surface area contributed by atoms with Gasteiger partial charge in [0.2, 0.25) is 0 Å². The van der Waals surface area contributed by atoms with E-state index in [1.807, 2.05) is 24.3 Å².